The molecule has 0 radical (unpaired) electrons. The predicted octanol–water partition coefficient (Wildman–Crippen LogP) is 2.70. The molecule has 0 heterocycles. The fourth-order valence-electron chi connectivity index (χ4n) is 3.06. The average molecular weight is 490 g/mol. The summed E-state index contributed by atoms with van der Waals surface area (Å²) in [6.07, 6.45) is 1.46. The van der Waals surface area contributed by atoms with Crippen LogP contribution >= 0.6 is 0 Å². The SMILES string of the molecule is C=CCNS(=O)(=O)Cc1ccc(NC(=O)C(NC(=O)c2cc(OC)cc(OC)c2)C(C)C)cc1. The summed E-state index contributed by atoms with van der Waals surface area (Å²) in [4.78, 5) is 25.7. The van der Waals surface area contributed by atoms with Gasteiger partial charge in [0.2, 0.25) is 15.9 Å². The summed E-state index contributed by atoms with van der Waals surface area (Å²) in [6.45, 7) is 7.28. The van der Waals surface area contributed by atoms with Gasteiger partial charge in [-0.1, -0.05) is 32.1 Å². The van der Waals surface area contributed by atoms with Crippen LogP contribution in [0, 0.1) is 5.92 Å². The summed E-state index contributed by atoms with van der Waals surface area (Å²) in [5, 5.41) is 5.53. The number of amides is 2. The van der Waals surface area contributed by atoms with Gasteiger partial charge < -0.3 is 20.1 Å². The Hall–Kier alpha value is -3.37. The van der Waals surface area contributed by atoms with Gasteiger partial charge in [-0.25, -0.2) is 13.1 Å². The smallest absolute Gasteiger partial charge is 0.252 e. The molecule has 0 aliphatic heterocycles. The number of hydrogen-bond acceptors (Lipinski definition) is 6. The van der Waals surface area contributed by atoms with Crippen molar-refractivity contribution in [2.24, 2.45) is 5.92 Å². The van der Waals surface area contributed by atoms with Crippen LogP contribution in [-0.4, -0.2) is 47.0 Å². The number of sulfonamides is 1. The van der Waals surface area contributed by atoms with Gasteiger partial charge in [-0.3, -0.25) is 9.59 Å². The molecule has 0 spiro atoms. The lowest BCUT2D eigenvalue weighted by atomic mass is 10.0. The Labute approximate surface area is 200 Å². The van der Waals surface area contributed by atoms with Gasteiger partial charge in [0, 0.05) is 23.9 Å². The van der Waals surface area contributed by atoms with Crippen molar-refractivity contribution in [1.82, 2.24) is 10.0 Å². The van der Waals surface area contributed by atoms with Crippen LogP contribution < -0.4 is 24.8 Å². The van der Waals surface area contributed by atoms with Crippen molar-refractivity contribution in [3.8, 4) is 11.5 Å². The van der Waals surface area contributed by atoms with Gasteiger partial charge in [0.05, 0.1) is 20.0 Å². The number of hydrogen-bond donors (Lipinski definition) is 3. The fourth-order valence-corrected chi connectivity index (χ4v) is 4.16. The van der Waals surface area contributed by atoms with Crippen molar-refractivity contribution >= 4 is 27.5 Å². The van der Waals surface area contributed by atoms with Gasteiger partial charge in [-0.15, -0.1) is 6.58 Å². The molecule has 0 aliphatic carbocycles. The summed E-state index contributed by atoms with van der Waals surface area (Å²) in [5.74, 6) is -0.320. The van der Waals surface area contributed by atoms with Crippen LogP contribution in [-0.2, 0) is 20.6 Å². The maximum Gasteiger partial charge on any atom is 0.252 e. The van der Waals surface area contributed by atoms with Gasteiger partial charge in [-0.2, -0.15) is 0 Å². The molecular formula is C24H31N3O6S. The van der Waals surface area contributed by atoms with E-state index in [4.69, 9.17) is 9.47 Å². The van der Waals surface area contributed by atoms with Crippen LogP contribution in [0.5, 0.6) is 11.5 Å². The lowest BCUT2D eigenvalue weighted by Crippen LogP contribution is -2.47. The van der Waals surface area contributed by atoms with Crippen molar-refractivity contribution < 1.29 is 27.5 Å². The number of benzene rings is 2. The topological polar surface area (TPSA) is 123 Å². The van der Waals surface area contributed by atoms with Crippen LogP contribution in [0.15, 0.2) is 55.1 Å². The summed E-state index contributed by atoms with van der Waals surface area (Å²) >= 11 is 0. The van der Waals surface area contributed by atoms with Gasteiger partial charge in [0.15, 0.2) is 0 Å². The molecule has 0 fully saturated rings. The Morgan fingerprint density at radius 2 is 1.62 bits per heavy atom. The Kier molecular flexibility index (Phi) is 9.64. The molecule has 2 aromatic carbocycles. The van der Waals surface area contributed by atoms with E-state index in [9.17, 15) is 18.0 Å². The molecule has 0 saturated heterocycles. The van der Waals surface area contributed by atoms with E-state index in [1.165, 1.54) is 20.3 Å². The average Bonchev–Trinajstić information content (AvgIpc) is 2.81. The second-order valence-electron chi connectivity index (χ2n) is 7.88. The number of carbonyl (C=O) groups is 2. The van der Waals surface area contributed by atoms with E-state index in [2.05, 4.69) is 21.9 Å². The van der Waals surface area contributed by atoms with Crippen molar-refractivity contribution in [3.63, 3.8) is 0 Å². The second kappa shape index (κ2) is 12.2. The monoisotopic (exact) mass is 489 g/mol. The van der Waals surface area contributed by atoms with E-state index < -0.39 is 27.9 Å². The van der Waals surface area contributed by atoms with Gasteiger partial charge in [0.25, 0.3) is 5.91 Å². The molecule has 10 heteroatoms. The number of ether oxygens (including phenoxy) is 2. The van der Waals surface area contributed by atoms with Gasteiger partial charge >= 0.3 is 0 Å². The standard InChI is InChI=1S/C24H31N3O6S/c1-6-11-25-34(30,31)15-17-7-9-19(10-8-17)26-24(29)22(16(2)3)27-23(28)18-12-20(32-4)14-21(13-18)33-5/h6-10,12-14,16,22,25H,1,11,15H2,2-5H3,(H,26,29)(H,27,28). The molecule has 2 rings (SSSR count). The zero-order valence-corrected chi connectivity index (χ0v) is 20.6. The maximum absolute atomic E-state index is 12.9. The number of nitrogens with one attached hydrogen (secondary N) is 3. The zero-order chi connectivity index (χ0) is 25.3. The lowest BCUT2D eigenvalue weighted by Gasteiger charge is -2.22. The predicted molar refractivity (Wildman–Crippen MR) is 132 cm³/mol. The van der Waals surface area contributed by atoms with Crippen molar-refractivity contribution in [1.29, 1.82) is 0 Å². The Bertz CT molecular complexity index is 1090. The molecule has 1 atom stereocenters. The van der Waals surface area contributed by atoms with Crippen LogP contribution in [0.4, 0.5) is 5.69 Å². The third-order valence-corrected chi connectivity index (χ3v) is 6.19. The van der Waals surface area contributed by atoms with E-state index in [0.29, 0.717) is 28.3 Å². The van der Waals surface area contributed by atoms with Crippen LogP contribution in [0.1, 0.15) is 29.8 Å². The molecule has 9 nitrogen and oxygen atoms in total. The Balaban J connectivity index is 2.09. The van der Waals surface area contributed by atoms with Crippen LogP contribution in [0.3, 0.4) is 0 Å². The highest BCUT2D eigenvalue weighted by atomic mass is 32.2. The largest absolute Gasteiger partial charge is 0.497 e. The van der Waals surface area contributed by atoms with Crippen molar-refractivity contribution in [3.05, 3.63) is 66.2 Å². The minimum Gasteiger partial charge on any atom is -0.497 e. The minimum atomic E-state index is -3.48. The van der Waals surface area contributed by atoms with Crippen LogP contribution in [0.2, 0.25) is 0 Å². The molecule has 34 heavy (non-hydrogen) atoms. The Morgan fingerprint density at radius 1 is 1.03 bits per heavy atom. The maximum atomic E-state index is 12.9. The number of methoxy groups -OCH3 is 2. The molecule has 0 aliphatic rings. The summed E-state index contributed by atoms with van der Waals surface area (Å²) in [5.41, 5.74) is 1.34. The molecule has 3 N–H and O–H groups in total. The first kappa shape index (κ1) is 26.9. The van der Waals surface area contributed by atoms with Crippen molar-refractivity contribution in [2.75, 3.05) is 26.1 Å². The summed E-state index contributed by atoms with van der Waals surface area (Å²) < 4.78 is 36.8. The third kappa shape index (κ3) is 7.89. The Morgan fingerprint density at radius 3 is 2.12 bits per heavy atom. The highest BCUT2D eigenvalue weighted by Gasteiger charge is 2.25. The van der Waals surface area contributed by atoms with E-state index in [-0.39, 0.29) is 18.2 Å². The number of carbonyl (C=O) groups excluding carboxylic acids is 2. The second-order valence-corrected chi connectivity index (χ2v) is 9.69. The summed E-state index contributed by atoms with van der Waals surface area (Å²) in [6, 6.07) is 10.4. The van der Waals surface area contributed by atoms with Gasteiger partial charge in [-0.05, 0) is 35.7 Å². The molecule has 1 unspecified atom stereocenters. The van der Waals surface area contributed by atoms with Gasteiger partial charge in [0.1, 0.15) is 17.5 Å². The number of anilines is 1. The molecule has 0 aromatic heterocycles. The number of rotatable bonds is 12. The van der Waals surface area contributed by atoms with Crippen molar-refractivity contribution in [2.45, 2.75) is 25.6 Å². The normalized spacial score (nSPS) is 12.0. The first-order valence-corrected chi connectivity index (χ1v) is 12.3. The highest BCUT2D eigenvalue weighted by molar-refractivity contribution is 7.88. The first-order valence-electron chi connectivity index (χ1n) is 10.6. The fraction of sp³-hybridized carbons (Fsp3) is 0.333. The van der Waals surface area contributed by atoms with E-state index >= 15 is 0 Å². The lowest BCUT2D eigenvalue weighted by molar-refractivity contribution is -0.118. The van der Waals surface area contributed by atoms with E-state index in [1.54, 1.807) is 42.5 Å². The zero-order valence-electron chi connectivity index (χ0n) is 19.8. The quantitative estimate of drug-likeness (QED) is 0.394. The molecule has 0 saturated carbocycles. The molecular weight excluding hydrogens is 458 g/mol. The molecule has 2 aromatic rings. The summed E-state index contributed by atoms with van der Waals surface area (Å²) in [7, 11) is -0.510. The molecule has 184 valence electrons. The first-order chi connectivity index (χ1) is 16.1. The third-order valence-electron chi connectivity index (χ3n) is 4.88. The van der Waals surface area contributed by atoms with Crippen LogP contribution in [0.25, 0.3) is 0 Å². The highest BCUT2D eigenvalue weighted by Crippen LogP contribution is 2.23. The van der Waals surface area contributed by atoms with E-state index in [1.807, 2.05) is 13.8 Å². The van der Waals surface area contributed by atoms with E-state index in [0.717, 1.165) is 0 Å². The minimum absolute atomic E-state index is 0.154. The molecule has 0 bridgehead atoms. The molecule has 2 amide bonds.